The molecule has 0 aliphatic heterocycles. The van der Waals surface area contributed by atoms with Gasteiger partial charge in [-0.25, -0.2) is 9.97 Å². The fourth-order valence-corrected chi connectivity index (χ4v) is 7.57. The molecule has 0 amide bonds. The number of hydrogen-bond donors (Lipinski definition) is 0. The number of aromatic nitrogens is 3. The molecule has 44 heavy (non-hydrogen) atoms. The van der Waals surface area contributed by atoms with E-state index in [1.165, 1.54) is 25.6 Å². The van der Waals surface area contributed by atoms with Crippen LogP contribution in [-0.2, 0) is 0 Å². The van der Waals surface area contributed by atoms with E-state index >= 15 is 0 Å². The van der Waals surface area contributed by atoms with Crippen LogP contribution in [0.15, 0.2) is 152 Å². The van der Waals surface area contributed by atoms with Gasteiger partial charge in [0.2, 0.25) is 0 Å². The molecule has 0 aliphatic carbocycles. The Morgan fingerprint density at radius 2 is 1.16 bits per heavy atom. The molecule has 0 fully saturated rings. The molecule has 0 N–H and O–H groups in total. The molecule has 3 heterocycles. The van der Waals surface area contributed by atoms with Gasteiger partial charge in [0.05, 0.1) is 22.2 Å². The smallest absolute Gasteiger partial charge is 0.145 e. The fourth-order valence-electron chi connectivity index (χ4n) is 6.33. The number of nitrogens with zero attached hydrogens (tertiary/aromatic N) is 3. The minimum atomic E-state index is 0.935. The largest absolute Gasteiger partial charge is 0.292 e. The Kier molecular flexibility index (Phi) is 5.68. The van der Waals surface area contributed by atoms with E-state index < -0.39 is 0 Å². The summed E-state index contributed by atoms with van der Waals surface area (Å²) in [6.07, 6.45) is 0. The summed E-state index contributed by atoms with van der Waals surface area (Å²) in [5.74, 6) is 0.935. The van der Waals surface area contributed by atoms with Crippen molar-refractivity contribution in [3.63, 3.8) is 0 Å². The van der Waals surface area contributed by atoms with Crippen LogP contribution < -0.4 is 0 Å². The molecule has 3 aromatic heterocycles. The summed E-state index contributed by atoms with van der Waals surface area (Å²) >= 11 is 1.85. The normalized spacial score (nSPS) is 11.6. The molecule has 9 rings (SSSR count). The van der Waals surface area contributed by atoms with Crippen molar-refractivity contribution in [2.75, 3.05) is 0 Å². The number of imidazole rings is 1. The number of rotatable bonds is 4. The second-order valence-electron chi connectivity index (χ2n) is 11.0. The van der Waals surface area contributed by atoms with E-state index in [9.17, 15) is 0 Å². The Labute approximate surface area is 258 Å². The molecule has 206 valence electrons. The highest BCUT2D eigenvalue weighted by molar-refractivity contribution is 7.26. The van der Waals surface area contributed by atoms with Gasteiger partial charge in [-0.2, -0.15) is 0 Å². The zero-order valence-corrected chi connectivity index (χ0v) is 24.5. The lowest BCUT2D eigenvalue weighted by Gasteiger charge is -2.11. The second-order valence-corrected chi connectivity index (χ2v) is 12.1. The average Bonchev–Trinajstić information content (AvgIpc) is 3.68. The van der Waals surface area contributed by atoms with Gasteiger partial charge in [0.1, 0.15) is 5.82 Å². The lowest BCUT2D eigenvalue weighted by molar-refractivity contribution is 1.10. The maximum absolute atomic E-state index is 5.24. The fraction of sp³-hybridized carbons (Fsp3) is 0. The zero-order chi connectivity index (χ0) is 29.0. The molecule has 0 unspecified atom stereocenters. The van der Waals surface area contributed by atoms with Gasteiger partial charge in [-0.15, -0.1) is 11.3 Å². The van der Waals surface area contributed by atoms with E-state index in [1.807, 2.05) is 23.5 Å². The van der Waals surface area contributed by atoms with Crippen LogP contribution in [0.1, 0.15) is 0 Å². The lowest BCUT2D eigenvalue weighted by atomic mass is 9.98. The SMILES string of the molecule is c1ccc(-n2c(-c3ccc(-c4cccc(-c5nc6ccccc6c6sc7ccccc7c56)c4)cc3)nc3ccccc32)cc1. The molecule has 0 bridgehead atoms. The van der Waals surface area contributed by atoms with Crippen molar-refractivity contribution in [2.24, 2.45) is 0 Å². The van der Waals surface area contributed by atoms with Gasteiger partial charge in [-0.3, -0.25) is 4.57 Å². The van der Waals surface area contributed by atoms with E-state index in [-0.39, 0.29) is 0 Å². The number of pyridine rings is 1. The van der Waals surface area contributed by atoms with Crippen molar-refractivity contribution >= 4 is 53.4 Å². The first-order valence-electron chi connectivity index (χ1n) is 14.8. The third-order valence-electron chi connectivity index (χ3n) is 8.40. The molecular weight excluding hydrogens is 555 g/mol. The van der Waals surface area contributed by atoms with E-state index in [4.69, 9.17) is 9.97 Å². The number of fused-ring (bicyclic) bond motifs is 6. The first-order chi connectivity index (χ1) is 21.8. The summed E-state index contributed by atoms with van der Waals surface area (Å²) in [5, 5.41) is 3.70. The molecule has 0 atom stereocenters. The predicted molar refractivity (Wildman–Crippen MR) is 186 cm³/mol. The van der Waals surface area contributed by atoms with E-state index in [0.717, 1.165) is 56.0 Å². The Bertz CT molecular complexity index is 2490. The summed E-state index contributed by atoms with van der Waals surface area (Å²) in [6, 6.07) is 53.5. The first kappa shape index (κ1) is 25.0. The Balaban J connectivity index is 1.17. The average molecular weight is 580 g/mol. The first-order valence-corrected chi connectivity index (χ1v) is 15.6. The second kappa shape index (κ2) is 10.0. The molecular formula is C40H25N3S. The van der Waals surface area contributed by atoms with Crippen LogP contribution in [0.2, 0.25) is 0 Å². The highest BCUT2D eigenvalue weighted by atomic mass is 32.1. The molecule has 6 aromatic carbocycles. The van der Waals surface area contributed by atoms with Gasteiger partial charge in [0.25, 0.3) is 0 Å². The highest BCUT2D eigenvalue weighted by Gasteiger charge is 2.17. The van der Waals surface area contributed by atoms with Gasteiger partial charge in [-0.05, 0) is 53.6 Å². The quantitative estimate of drug-likeness (QED) is 0.208. The minimum absolute atomic E-state index is 0.935. The van der Waals surface area contributed by atoms with E-state index in [1.54, 1.807) is 0 Å². The molecule has 9 aromatic rings. The van der Waals surface area contributed by atoms with E-state index in [0.29, 0.717) is 0 Å². The van der Waals surface area contributed by atoms with Crippen LogP contribution in [0.25, 0.3) is 81.6 Å². The van der Waals surface area contributed by atoms with Crippen LogP contribution in [0.5, 0.6) is 0 Å². The van der Waals surface area contributed by atoms with Gasteiger partial charge < -0.3 is 0 Å². The number of benzene rings is 6. The van der Waals surface area contributed by atoms with Crippen molar-refractivity contribution in [2.45, 2.75) is 0 Å². The molecule has 0 radical (unpaired) electrons. The molecule has 4 heteroatoms. The van der Waals surface area contributed by atoms with Gasteiger partial charge in [0, 0.05) is 42.4 Å². The third-order valence-corrected chi connectivity index (χ3v) is 9.60. The van der Waals surface area contributed by atoms with Crippen molar-refractivity contribution in [3.8, 4) is 39.5 Å². The minimum Gasteiger partial charge on any atom is -0.292 e. The Morgan fingerprint density at radius 1 is 0.477 bits per heavy atom. The van der Waals surface area contributed by atoms with Crippen LogP contribution in [-0.4, -0.2) is 14.5 Å². The maximum Gasteiger partial charge on any atom is 0.145 e. The summed E-state index contributed by atoms with van der Waals surface area (Å²) in [7, 11) is 0. The molecule has 0 saturated heterocycles. The summed E-state index contributed by atoms with van der Waals surface area (Å²) in [4.78, 5) is 10.3. The zero-order valence-electron chi connectivity index (χ0n) is 23.7. The van der Waals surface area contributed by atoms with Crippen molar-refractivity contribution < 1.29 is 0 Å². The topological polar surface area (TPSA) is 30.7 Å². The lowest BCUT2D eigenvalue weighted by Crippen LogP contribution is -1.97. The van der Waals surface area contributed by atoms with Gasteiger partial charge in [0.15, 0.2) is 0 Å². The Morgan fingerprint density at radius 3 is 2.02 bits per heavy atom. The van der Waals surface area contributed by atoms with Crippen molar-refractivity contribution in [1.29, 1.82) is 0 Å². The standard InChI is InChI=1S/C40H25N3S/c1-2-13-30(14-3-1)43-35-19-8-7-18-34(35)42-40(43)27-23-21-26(22-24-27)28-11-10-12-29(25-28)38-37-32-16-5-9-20-36(32)44-39(37)31-15-4-6-17-33(31)41-38/h1-25H. The molecule has 0 saturated carbocycles. The number of para-hydroxylation sites is 4. The van der Waals surface area contributed by atoms with Crippen molar-refractivity contribution in [1.82, 2.24) is 14.5 Å². The molecule has 0 spiro atoms. The van der Waals surface area contributed by atoms with Crippen LogP contribution in [0.4, 0.5) is 0 Å². The maximum atomic E-state index is 5.24. The van der Waals surface area contributed by atoms with Crippen LogP contribution >= 0.6 is 11.3 Å². The molecule has 3 nitrogen and oxygen atoms in total. The van der Waals surface area contributed by atoms with Crippen molar-refractivity contribution in [3.05, 3.63) is 152 Å². The predicted octanol–water partition coefficient (Wildman–Crippen LogP) is 10.9. The molecule has 0 aliphatic rings. The monoisotopic (exact) mass is 579 g/mol. The Hall–Kier alpha value is -5.58. The number of thiophene rings is 1. The number of hydrogen-bond acceptors (Lipinski definition) is 3. The van der Waals surface area contributed by atoms with Crippen LogP contribution in [0, 0.1) is 0 Å². The summed E-state index contributed by atoms with van der Waals surface area (Å²) in [6.45, 7) is 0. The highest BCUT2D eigenvalue weighted by Crippen LogP contribution is 2.43. The van der Waals surface area contributed by atoms with Crippen LogP contribution in [0.3, 0.4) is 0 Å². The van der Waals surface area contributed by atoms with E-state index in [2.05, 4.69) is 144 Å². The summed E-state index contributed by atoms with van der Waals surface area (Å²) < 4.78 is 4.82. The van der Waals surface area contributed by atoms with Gasteiger partial charge in [-0.1, -0.05) is 109 Å². The third kappa shape index (κ3) is 3.96. The summed E-state index contributed by atoms with van der Waals surface area (Å²) in [5.41, 5.74) is 9.76. The van der Waals surface area contributed by atoms with Gasteiger partial charge >= 0.3 is 0 Å².